The van der Waals surface area contributed by atoms with Gasteiger partial charge < -0.3 is 24.6 Å². The van der Waals surface area contributed by atoms with Crippen molar-refractivity contribution in [2.45, 2.75) is 12.5 Å². The molecule has 3 rings (SSSR count). The number of benzene rings is 1. The molecule has 0 saturated heterocycles. The summed E-state index contributed by atoms with van der Waals surface area (Å²) in [4.78, 5) is 19.8. The Bertz CT molecular complexity index is 699. The van der Waals surface area contributed by atoms with E-state index in [4.69, 9.17) is 14.7 Å². The van der Waals surface area contributed by atoms with Crippen LogP contribution >= 0.6 is 0 Å². The monoisotopic (exact) mass is 316 g/mol. The lowest BCUT2D eigenvalue weighted by Crippen LogP contribution is -2.28. The summed E-state index contributed by atoms with van der Waals surface area (Å²) in [5, 5.41) is 14.7. The Kier molecular flexibility index (Phi) is 4.41. The van der Waals surface area contributed by atoms with E-state index in [9.17, 15) is 4.79 Å². The van der Waals surface area contributed by atoms with E-state index in [0.717, 1.165) is 5.69 Å². The Morgan fingerprint density at radius 3 is 3.13 bits per heavy atom. The maximum Gasteiger partial charge on any atom is 0.404 e. The van der Waals surface area contributed by atoms with Gasteiger partial charge in [-0.2, -0.15) is 0 Å². The largest absolute Gasteiger partial charge is 0.487 e. The molecule has 0 spiro atoms. The Morgan fingerprint density at radius 1 is 1.48 bits per heavy atom. The van der Waals surface area contributed by atoms with Crippen LogP contribution < -0.4 is 10.1 Å². The average Bonchev–Trinajstić information content (AvgIpc) is 3.23. The molecule has 1 unspecified atom stereocenters. The van der Waals surface area contributed by atoms with Crippen LogP contribution in [0.25, 0.3) is 5.69 Å². The molecular weight excluding hydrogens is 300 g/mol. The highest BCUT2D eigenvalue weighted by Gasteiger charge is 2.22. The minimum atomic E-state index is -1.08. The van der Waals surface area contributed by atoms with Crippen molar-refractivity contribution in [3.05, 3.63) is 43.0 Å². The number of nitrogens with zero attached hydrogens (tertiary/aromatic N) is 3. The molecule has 0 radical (unpaired) electrons. The Hall–Kier alpha value is -3.03. The highest BCUT2D eigenvalue weighted by Crippen LogP contribution is 2.23. The van der Waals surface area contributed by atoms with Gasteiger partial charge in [-0.3, -0.25) is 0 Å². The van der Waals surface area contributed by atoms with Crippen LogP contribution in [0.2, 0.25) is 0 Å². The number of para-hydroxylation sites is 2. The van der Waals surface area contributed by atoms with E-state index in [2.05, 4.69) is 15.5 Å². The summed E-state index contributed by atoms with van der Waals surface area (Å²) >= 11 is 0. The second kappa shape index (κ2) is 6.82. The number of nitrogens with one attached hydrogen (secondary N) is 1. The first-order valence-electron chi connectivity index (χ1n) is 7.11. The zero-order valence-electron chi connectivity index (χ0n) is 12.3. The van der Waals surface area contributed by atoms with Gasteiger partial charge in [-0.1, -0.05) is 17.3 Å². The molecule has 0 fully saturated rings. The van der Waals surface area contributed by atoms with Gasteiger partial charge in [0.25, 0.3) is 0 Å². The number of hydrogen-bond donors (Lipinski definition) is 2. The summed E-state index contributed by atoms with van der Waals surface area (Å²) < 4.78 is 7.70. The SMILES string of the molecule is O=C(O)NCC1=NOC(COc2ccccc2-n2ccnc2)C1. The zero-order chi connectivity index (χ0) is 16.1. The molecule has 2 aromatic rings. The number of imidazole rings is 1. The van der Waals surface area contributed by atoms with Gasteiger partial charge in [0.05, 0.1) is 24.3 Å². The Labute approximate surface area is 132 Å². The van der Waals surface area contributed by atoms with Gasteiger partial charge in [-0.05, 0) is 12.1 Å². The van der Waals surface area contributed by atoms with Gasteiger partial charge in [-0.25, -0.2) is 9.78 Å². The molecule has 120 valence electrons. The number of rotatable bonds is 6. The van der Waals surface area contributed by atoms with Crippen molar-refractivity contribution in [1.29, 1.82) is 0 Å². The summed E-state index contributed by atoms with van der Waals surface area (Å²) in [6.45, 7) is 0.489. The predicted molar refractivity (Wildman–Crippen MR) is 82.0 cm³/mol. The van der Waals surface area contributed by atoms with Crippen molar-refractivity contribution in [2.75, 3.05) is 13.2 Å². The van der Waals surface area contributed by atoms with Crippen LogP contribution in [0.3, 0.4) is 0 Å². The van der Waals surface area contributed by atoms with Crippen LogP contribution in [0.5, 0.6) is 5.75 Å². The van der Waals surface area contributed by atoms with Crippen LogP contribution in [0.1, 0.15) is 6.42 Å². The van der Waals surface area contributed by atoms with E-state index in [1.165, 1.54) is 0 Å². The molecule has 1 atom stereocenters. The smallest absolute Gasteiger partial charge is 0.404 e. The van der Waals surface area contributed by atoms with Crippen LogP contribution in [-0.2, 0) is 4.84 Å². The second-order valence-corrected chi connectivity index (χ2v) is 5.00. The number of amides is 1. The molecular formula is C15H16N4O4. The molecule has 8 nitrogen and oxygen atoms in total. The zero-order valence-corrected chi connectivity index (χ0v) is 12.3. The van der Waals surface area contributed by atoms with Gasteiger partial charge in [0.15, 0.2) is 6.10 Å². The third-order valence-electron chi connectivity index (χ3n) is 3.31. The molecule has 1 aromatic heterocycles. The van der Waals surface area contributed by atoms with E-state index in [-0.39, 0.29) is 12.6 Å². The summed E-state index contributed by atoms with van der Waals surface area (Å²) in [6, 6.07) is 7.63. The fourth-order valence-corrected chi connectivity index (χ4v) is 2.23. The van der Waals surface area contributed by atoms with Crippen molar-refractivity contribution >= 4 is 11.8 Å². The summed E-state index contributed by atoms with van der Waals surface area (Å²) in [5.41, 5.74) is 1.54. The highest BCUT2D eigenvalue weighted by atomic mass is 16.7. The van der Waals surface area contributed by atoms with Crippen molar-refractivity contribution in [2.24, 2.45) is 5.16 Å². The van der Waals surface area contributed by atoms with Gasteiger partial charge in [-0.15, -0.1) is 0 Å². The summed E-state index contributed by atoms with van der Waals surface area (Å²) in [6.07, 6.45) is 4.47. The van der Waals surface area contributed by atoms with E-state index >= 15 is 0 Å². The maximum atomic E-state index is 10.5. The van der Waals surface area contributed by atoms with Crippen LogP contribution in [-0.4, -0.2) is 45.7 Å². The van der Waals surface area contributed by atoms with E-state index < -0.39 is 6.09 Å². The third-order valence-corrected chi connectivity index (χ3v) is 3.31. The van der Waals surface area contributed by atoms with Crippen LogP contribution in [0, 0.1) is 0 Å². The molecule has 1 amide bonds. The molecule has 8 heteroatoms. The second-order valence-electron chi connectivity index (χ2n) is 5.00. The molecule has 1 aromatic carbocycles. The fourth-order valence-electron chi connectivity index (χ4n) is 2.23. The van der Waals surface area contributed by atoms with Gasteiger partial charge >= 0.3 is 6.09 Å². The first kappa shape index (κ1) is 14.9. The lowest BCUT2D eigenvalue weighted by Gasteiger charge is -2.14. The molecule has 23 heavy (non-hydrogen) atoms. The lowest BCUT2D eigenvalue weighted by atomic mass is 10.2. The molecule has 0 bridgehead atoms. The summed E-state index contributed by atoms with van der Waals surface area (Å²) in [5.74, 6) is 0.714. The Balaban J connectivity index is 1.55. The number of carboxylic acid groups (broad SMARTS) is 1. The predicted octanol–water partition coefficient (Wildman–Crippen LogP) is 1.66. The third kappa shape index (κ3) is 3.79. The van der Waals surface area contributed by atoms with E-state index in [1.54, 1.807) is 12.5 Å². The first-order valence-corrected chi connectivity index (χ1v) is 7.11. The van der Waals surface area contributed by atoms with E-state index in [1.807, 2.05) is 35.0 Å². The molecule has 0 saturated carbocycles. The number of aromatic nitrogens is 2. The summed E-state index contributed by atoms with van der Waals surface area (Å²) in [7, 11) is 0. The standard InChI is InChI=1S/C15H16N4O4/c20-15(21)17-8-11-7-12(23-18-11)9-22-14-4-2-1-3-13(14)19-6-5-16-10-19/h1-6,10,12,17H,7-9H2,(H,20,21). The average molecular weight is 316 g/mol. The molecule has 1 aliphatic heterocycles. The number of carbonyl (C=O) groups is 1. The van der Waals surface area contributed by atoms with Gasteiger partial charge in [0.1, 0.15) is 12.4 Å². The first-order chi connectivity index (χ1) is 11.2. The molecule has 2 heterocycles. The fraction of sp³-hybridized carbons (Fsp3) is 0.267. The van der Waals surface area contributed by atoms with Crippen molar-refractivity contribution in [3.63, 3.8) is 0 Å². The Morgan fingerprint density at radius 2 is 2.35 bits per heavy atom. The van der Waals surface area contributed by atoms with Crippen LogP contribution in [0.15, 0.2) is 48.1 Å². The quantitative estimate of drug-likeness (QED) is 0.844. The minimum absolute atomic E-state index is 0.164. The van der Waals surface area contributed by atoms with Gasteiger partial charge in [0.2, 0.25) is 0 Å². The molecule has 0 aliphatic carbocycles. The van der Waals surface area contributed by atoms with Crippen molar-refractivity contribution in [1.82, 2.24) is 14.9 Å². The molecule has 1 aliphatic rings. The van der Waals surface area contributed by atoms with Crippen LogP contribution in [0.4, 0.5) is 4.79 Å². The minimum Gasteiger partial charge on any atom is -0.487 e. The van der Waals surface area contributed by atoms with Gasteiger partial charge in [0, 0.05) is 18.8 Å². The highest BCUT2D eigenvalue weighted by molar-refractivity contribution is 5.89. The topological polar surface area (TPSA) is 98.0 Å². The maximum absolute atomic E-state index is 10.5. The van der Waals surface area contributed by atoms with Crippen molar-refractivity contribution < 1.29 is 19.5 Å². The van der Waals surface area contributed by atoms with E-state index in [0.29, 0.717) is 24.5 Å². The number of hydrogen-bond acceptors (Lipinski definition) is 5. The number of oxime groups is 1. The molecule has 2 N–H and O–H groups in total. The van der Waals surface area contributed by atoms with Crippen molar-refractivity contribution in [3.8, 4) is 11.4 Å². The number of ether oxygens (including phenoxy) is 1. The lowest BCUT2D eigenvalue weighted by molar-refractivity contribution is 0.0470. The normalized spacial score (nSPS) is 16.5.